The zero-order valence-electron chi connectivity index (χ0n) is 34.9. The molecule has 63 heavy (non-hydrogen) atoms. The van der Waals surface area contributed by atoms with Crippen molar-refractivity contribution in [1.29, 1.82) is 5.26 Å². The highest BCUT2D eigenvalue weighted by Crippen LogP contribution is 2.33. The zero-order valence-corrected chi connectivity index (χ0v) is 37.3. The molecule has 1 aromatic heterocycles. The lowest BCUT2D eigenvalue weighted by atomic mass is 10.2. The van der Waals surface area contributed by atoms with Gasteiger partial charge in [-0.15, -0.1) is 10.2 Å². The SMILES string of the molecule is N#CC1CCCN1S(=O)(=O)Cc1ccccc1.NC(=O)C1CCCN1.NC(=O)C1CCCN1S(=O)(=O)Cc1ccccc1.O=S(=O)(Cc1ccccc1)N1CCC[C@H]1c1nn[nH]n1. The van der Waals surface area contributed by atoms with Crippen molar-refractivity contribution in [2.24, 2.45) is 11.5 Å². The summed E-state index contributed by atoms with van der Waals surface area (Å²) in [6.07, 6.45) is 6.14. The summed E-state index contributed by atoms with van der Waals surface area (Å²) in [4.78, 5) is 21.6. The van der Waals surface area contributed by atoms with Gasteiger partial charge in [0, 0.05) is 19.6 Å². The van der Waals surface area contributed by atoms with E-state index in [0.29, 0.717) is 50.3 Å². The lowest BCUT2D eigenvalue weighted by Gasteiger charge is -2.21. The van der Waals surface area contributed by atoms with Crippen LogP contribution in [0.3, 0.4) is 0 Å². The van der Waals surface area contributed by atoms with E-state index in [1.165, 1.54) is 12.9 Å². The van der Waals surface area contributed by atoms with Gasteiger partial charge in [0.2, 0.25) is 41.9 Å². The van der Waals surface area contributed by atoms with Crippen molar-refractivity contribution < 1.29 is 34.8 Å². The summed E-state index contributed by atoms with van der Waals surface area (Å²) in [6.45, 7) is 2.29. The van der Waals surface area contributed by atoms with Crippen LogP contribution in [0.4, 0.5) is 0 Å². The van der Waals surface area contributed by atoms with Crippen LogP contribution in [0, 0.1) is 11.3 Å². The van der Waals surface area contributed by atoms with E-state index in [0.717, 1.165) is 49.8 Å². The first-order valence-electron chi connectivity index (χ1n) is 20.7. The van der Waals surface area contributed by atoms with Gasteiger partial charge in [0.15, 0.2) is 5.82 Å². The second kappa shape index (κ2) is 23.0. The van der Waals surface area contributed by atoms with Crippen molar-refractivity contribution in [2.75, 3.05) is 26.2 Å². The lowest BCUT2D eigenvalue weighted by Crippen LogP contribution is -2.44. The van der Waals surface area contributed by atoms with Crippen LogP contribution >= 0.6 is 0 Å². The number of sulfonamides is 3. The van der Waals surface area contributed by atoms with Gasteiger partial charge in [-0.2, -0.15) is 23.4 Å². The number of benzene rings is 3. The standard InChI is InChI=1S/C12H15N5O2S.C12H16N2O3S.C12H14N2O2S.C5H10N2O/c18-20(19,9-10-5-2-1-3-6-10)17-8-4-7-11(17)12-13-15-16-14-12;13-12(15)11-7-4-8-14(11)18(16,17)9-10-5-2-1-3-6-10;13-9-12-7-4-8-14(12)17(15,16)10-11-5-2-1-3-6-11;6-5(8)4-2-1-3-7-4/h1-3,5-6,11H,4,7-9H2,(H,13,14,15,16);1-3,5-6,11H,4,7-9H2,(H2,13,15);1-3,5-6,12H,4,7-8,10H2;4,7H,1-3H2,(H2,6,8)/t11-;;;/m0.../s1. The Hall–Kier alpha value is -5.15. The predicted octanol–water partition coefficient (Wildman–Crippen LogP) is 2.06. The van der Waals surface area contributed by atoms with Gasteiger partial charge in [0.1, 0.15) is 12.1 Å². The van der Waals surface area contributed by atoms with E-state index in [1.54, 1.807) is 36.4 Å². The first kappa shape index (κ1) is 48.9. The van der Waals surface area contributed by atoms with E-state index >= 15 is 0 Å². The van der Waals surface area contributed by atoms with Gasteiger partial charge >= 0.3 is 0 Å². The predicted molar refractivity (Wildman–Crippen MR) is 235 cm³/mol. The molecule has 22 heteroatoms. The molecule has 4 aliphatic heterocycles. The van der Waals surface area contributed by atoms with Crippen molar-refractivity contribution in [2.45, 2.75) is 92.8 Å². The second-order valence-electron chi connectivity index (χ2n) is 15.4. The summed E-state index contributed by atoms with van der Waals surface area (Å²) in [5.41, 5.74) is 12.5. The number of hydrogen-bond acceptors (Lipinski definition) is 13. The van der Waals surface area contributed by atoms with Crippen molar-refractivity contribution in [1.82, 2.24) is 38.9 Å². The van der Waals surface area contributed by atoms with E-state index in [-0.39, 0.29) is 35.2 Å². The number of nitrogens with zero attached hydrogens (tertiary/aromatic N) is 7. The maximum Gasteiger partial charge on any atom is 0.235 e. The second-order valence-corrected chi connectivity index (χ2v) is 21.1. The van der Waals surface area contributed by atoms with Gasteiger partial charge in [-0.1, -0.05) is 96.2 Å². The molecule has 19 nitrogen and oxygen atoms in total. The number of aromatic nitrogens is 4. The number of carbonyl (C=O) groups excluding carboxylic acids is 2. The Morgan fingerprint density at radius 1 is 0.635 bits per heavy atom. The fourth-order valence-corrected chi connectivity index (χ4v) is 13.0. The summed E-state index contributed by atoms with van der Waals surface area (Å²) in [5.74, 6) is -0.447. The number of primary amides is 2. The molecule has 4 saturated heterocycles. The highest BCUT2D eigenvalue weighted by atomic mass is 32.2. The van der Waals surface area contributed by atoms with Gasteiger partial charge in [0.25, 0.3) is 0 Å². The van der Waals surface area contributed by atoms with E-state index in [2.05, 4.69) is 32.0 Å². The summed E-state index contributed by atoms with van der Waals surface area (Å²) in [5, 5.41) is 25.6. The Bertz CT molecular complexity index is 2440. The number of tetrazole rings is 1. The molecule has 2 amide bonds. The third-order valence-corrected chi connectivity index (χ3v) is 16.3. The van der Waals surface area contributed by atoms with Crippen LogP contribution < -0.4 is 16.8 Å². The van der Waals surface area contributed by atoms with Crippen molar-refractivity contribution in [3.8, 4) is 6.07 Å². The molecule has 0 bridgehead atoms. The average Bonchev–Trinajstić information content (AvgIpc) is 4.11. The van der Waals surface area contributed by atoms with Crippen LogP contribution in [0.25, 0.3) is 0 Å². The minimum Gasteiger partial charge on any atom is -0.368 e. The number of nitrogens with one attached hydrogen (secondary N) is 2. The molecule has 4 atom stereocenters. The topological polar surface area (TPSA) is 289 Å². The average molecular weight is 926 g/mol. The molecule has 4 aliphatic rings. The fourth-order valence-electron chi connectivity index (χ4n) is 7.73. The number of rotatable bonds is 12. The van der Waals surface area contributed by atoms with E-state index in [9.17, 15) is 34.8 Å². The molecular weight excluding hydrogens is 871 g/mol. The molecule has 5 heterocycles. The van der Waals surface area contributed by atoms with E-state index in [1.807, 2.05) is 54.6 Å². The molecule has 8 rings (SSSR count). The molecule has 4 fully saturated rings. The maximum atomic E-state index is 12.5. The molecule has 3 unspecified atom stereocenters. The molecule has 3 aromatic carbocycles. The van der Waals surface area contributed by atoms with Crippen LogP contribution in [0.5, 0.6) is 0 Å². The summed E-state index contributed by atoms with van der Waals surface area (Å²) in [7, 11) is -10.2. The number of aromatic amines is 1. The Morgan fingerprint density at radius 2 is 1.11 bits per heavy atom. The summed E-state index contributed by atoms with van der Waals surface area (Å²) < 4.78 is 77.9. The molecular formula is C41H55N11O8S3. The molecule has 4 aromatic rings. The minimum absolute atomic E-state index is 0.00217. The van der Waals surface area contributed by atoms with Gasteiger partial charge in [-0.05, 0) is 74.6 Å². The normalized spacial score (nSPS) is 21.8. The Kier molecular flexibility index (Phi) is 17.8. The summed E-state index contributed by atoms with van der Waals surface area (Å²) in [6, 6.07) is 27.7. The van der Waals surface area contributed by atoms with Crippen LogP contribution in [0.1, 0.15) is 79.9 Å². The number of hydrogen-bond donors (Lipinski definition) is 4. The van der Waals surface area contributed by atoms with Gasteiger partial charge in [0.05, 0.1) is 35.4 Å². The molecule has 340 valence electrons. The van der Waals surface area contributed by atoms with E-state index in [4.69, 9.17) is 16.7 Å². The molecule has 0 saturated carbocycles. The number of carbonyl (C=O) groups is 2. The smallest absolute Gasteiger partial charge is 0.235 e. The first-order valence-corrected chi connectivity index (χ1v) is 25.5. The van der Waals surface area contributed by atoms with Crippen LogP contribution in [0.2, 0.25) is 0 Å². The van der Waals surface area contributed by atoms with Crippen molar-refractivity contribution >= 4 is 41.9 Å². The Morgan fingerprint density at radius 3 is 1.56 bits per heavy atom. The first-order chi connectivity index (χ1) is 30.1. The van der Waals surface area contributed by atoms with Crippen LogP contribution in [-0.4, -0.2) is 115 Å². The highest BCUT2D eigenvalue weighted by molar-refractivity contribution is 7.88. The van der Waals surface area contributed by atoms with Crippen molar-refractivity contribution in [3.05, 3.63) is 114 Å². The Balaban J connectivity index is 0.000000164. The van der Waals surface area contributed by atoms with Gasteiger partial charge in [-0.3, -0.25) is 9.59 Å². The number of nitriles is 1. The number of amides is 2. The Labute approximate surface area is 369 Å². The summed E-state index contributed by atoms with van der Waals surface area (Å²) >= 11 is 0. The third-order valence-electron chi connectivity index (χ3n) is 10.8. The van der Waals surface area contributed by atoms with Crippen LogP contribution in [0.15, 0.2) is 91.0 Å². The van der Waals surface area contributed by atoms with Crippen LogP contribution in [-0.2, 0) is 56.9 Å². The van der Waals surface area contributed by atoms with Gasteiger partial charge in [-0.25, -0.2) is 25.3 Å². The fraction of sp³-hybridized carbons (Fsp3) is 0.463. The molecule has 0 spiro atoms. The maximum absolute atomic E-state index is 12.5. The van der Waals surface area contributed by atoms with E-state index < -0.39 is 48.1 Å². The minimum atomic E-state index is -3.47. The third kappa shape index (κ3) is 14.2. The zero-order chi connectivity index (χ0) is 45.5. The molecule has 6 N–H and O–H groups in total. The number of H-pyrrole nitrogens is 1. The monoisotopic (exact) mass is 925 g/mol. The van der Waals surface area contributed by atoms with Gasteiger partial charge < -0.3 is 16.8 Å². The number of nitrogens with two attached hydrogens (primary N) is 2. The van der Waals surface area contributed by atoms with Crippen molar-refractivity contribution in [3.63, 3.8) is 0 Å². The highest BCUT2D eigenvalue weighted by Gasteiger charge is 2.39. The lowest BCUT2D eigenvalue weighted by molar-refractivity contribution is -0.121. The molecule has 0 aliphatic carbocycles. The largest absolute Gasteiger partial charge is 0.368 e. The molecule has 0 radical (unpaired) electrons. The quantitative estimate of drug-likeness (QED) is 0.159.